The molecule has 6 nitrogen and oxygen atoms in total. The van der Waals surface area contributed by atoms with Crippen LogP contribution in [0.5, 0.6) is 5.75 Å². The molecule has 0 aliphatic heterocycles. The van der Waals surface area contributed by atoms with E-state index in [4.69, 9.17) is 4.18 Å². The van der Waals surface area contributed by atoms with E-state index < -0.39 is 10.1 Å². The van der Waals surface area contributed by atoms with Crippen molar-refractivity contribution in [1.29, 1.82) is 0 Å². The predicted molar refractivity (Wildman–Crippen MR) is 112 cm³/mol. The van der Waals surface area contributed by atoms with Gasteiger partial charge in [-0.15, -0.1) is 0 Å². The summed E-state index contributed by atoms with van der Waals surface area (Å²) < 4.78 is 41.9. The van der Waals surface area contributed by atoms with E-state index in [2.05, 4.69) is 4.90 Å². The third-order valence-corrected chi connectivity index (χ3v) is 5.00. The van der Waals surface area contributed by atoms with E-state index in [1.54, 1.807) is 29.2 Å². The topological polar surface area (TPSA) is 66.9 Å². The first-order valence-corrected chi connectivity index (χ1v) is 11.2. The summed E-state index contributed by atoms with van der Waals surface area (Å²) in [6, 6.07) is 11.2. The molecule has 0 heterocycles. The minimum absolute atomic E-state index is 0.163. The Hall–Kier alpha value is -2.61. The highest BCUT2D eigenvalue weighted by atomic mass is 32.2. The fourth-order valence-corrected chi connectivity index (χ4v) is 3.48. The van der Waals surface area contributed by atoms with Gasteiger partial charge in [-0.3, -0.25) is 4.79 Å². The van der Waals surface area contributed by atoms with Crippen molar-refractivity contribution in [2.24, 2.45) is 0 Å². The SMILES string of the molecule is CCN(CC)c1ccc(CN(Cc2ccc(F)cc2)C(C)=O)c(OS(C)(=O)=O)c1. The Morgan fingerprint density at radius 1 is 1.03 bits per heavy atom. The van der Waals surface area contributed by atoms with Gasteiger partial charge < -0.3 is 14.0 Å². The predicted octanol–water partition coefficient (Wildman–Crippen LogP) is 3.56. The lowest BCUT2D eigenvalue weighted by Gasteiger charge is -2.25. The van der Waals surface area contributed by atoms with E-state index in [0.717, 1.165) is 30.6 Å². The van der Waals surface area contributed by atoms with Crippen LogP contribution in [0.25, 0.3) is 0 Å². The zero-order valence-electron chi connectivity index (χ0n) is 17.2. The second kappa shape index (κ2) is 9.73. The van der Waals surface area contributed by atoms with Crippen molar-refractivity contribution >= 4 is 21.7 Å². The molecule has 0 atom stereocenters. The molecule has 0 spiro atoms. The Labute approximate surface area is 172 Å². The number of rotatable bonds is 9. The average Bonchev–Trinajstić information content (AvgIpc) is 2.64. The van der Waals surface area contributed by atoms with Crippen molar-refractivity contribution < 1.29 is 21.8 Å². The van der Waals surface area contributed by atoms with Gasteiger partial charge in [-0.2, -0.15) is 8.42 Å². The normalized spacial score (nSPS) is 11.2. The summed E-state index contributed by atoms with van der Waals surface area (Å²) in [6.07, 6.45) is 0.988. The van der Waals surface area contributed by atoms with Crippen LogP contribution in [0.4, 0.5) is 10.1 Å². The number of hydrogen-bond donors (Lipinski definition) is 0. The van der Waals surface area contributed by atoms with Gasteiger partial charge in [-0.1, -0.05) is 18.2 Å². The smallest absolute Gasteiger partial charge is 0.306 e. The minimum atomic E-state index is -3.74. The fourth-order valence-electron chi connectivity index (χ4n) is 2.99. The van der Waals surface area contributed by atoms with E-state index >= 15 is 0 Å². The van der Waals surface area contributed by atoms with Crippen LogP contribution in [0, 0.1) is 5.82 Å². The summed E-state index contributed by atoms with van der Waals surface area (Å²) >= 11 is 0. The Morgan fingerprint density at radius 3 is 2.17 bits per heavy atom. The summed E-state index contributed by atoms with van der Waals surface area (Å²) in [4.78, 5) is 15.8. The molecule has 0 radical (unpaired) electrons. The molecule has 0 unspecified atom stereocenters. The zero-order valence-corrected chi connectivity index (χ0v) is 18.0. The molecule has 2 aromatic rings. The minimum Gasteiger partial charge on any atom is -0.382 e. The average molecular weight is 423 g/mol. The molecule has 0 N–H and O–H groups in total. The second-order valence-electron chi connectivity index (χ2n) is 6.75. The highest BCUT2D eigenvalue weighted by molar-refractivity contribution is 7.86. The molecular formula is C21H27FN2O4S. The van der Waals surface area contributed by atoms with E-state index in [0.29, 0.717) is 5.56 Å². The van der Waals surface area contributed by atoms with Crippen molar-refractivity contribution in [3.8, 4) is 5.75 Å². The molecule has 0 aromatic heterocycles. The zero-order chi connectivity index (χ0) is 21.6. The first-order valence-electron chi connectivity index (χ1n) is 9.40. The Kier molecular flexibility index (Phi) is 7.61. The van der Waals surface area contributed by atoms with Crippen LogP contribution in [0.1, 0.15) is 31.9 Å². The summed E-state index contributed by atoms with van der Waals surface area (Å²) in [7, 11) is -3.74. The standard InChI is InChI=1S/C21H27FN2O4S/c1-5-23(6-2)20-12-9-18(21(13-20)28-29(4,26)27)15-24(16(3)25)14-17-7-10-19(22)11-8-17/h7-13H,5-6,14-15H2,1-4H3. The second-order valence-corrected chi connectivity index (χ2v) is 8.33. The number of anilines is 1. The third-order valence-electron chi connectivity index (χ3n) is 4.51. The van der Waals surface area contributed by atoms with Crippen molar-refractivity contribution in [2.75, 3.05) is 24.2 Å². The van der Waals surface area contributed by atoms with Gasteiger partial charge in [0.05, 0.1) is 6.26 Å². The number of halogens is 1. The Balaban J connectivity index is 2.36. The van der Waals surface area contributed by atoms with Gasteiger partial charge >= 0.3 is 10.1 Å². The molecular weight excluding hydrogens is 395 g/mol. The van der Waals surface area contributed by atoms with Gasteiger partial charge in [-0.25, -0.2) is 4.39 Å². The lowest BCUT2D eigenvalue weighted by Crippen LogP contribution is -2.28. The molecule has 1 amide bonds. The maximum Gasteiger partial charge on any atom is 0.306 e. The molecule has 0 saturated heterocycles. The van der Waals surface area contributed by atoms with Crippen LogP contribution in [-0.2, 0) is 28.0 Å². The van der Waals surface area contributed by atoms with Crippen LogP contribution >= 0.6 is 0 Å². The number of nitrogens with zero attached hydrogens (tertiary/aromatic N) is 2. The number of hydrogen-bond acceptors (Lipinski definition) is 5. The van der Waals surface area contributed by atoms with E-state index in [1.165, 1.54) is 19.1 Å². The maximum atomic E-state index is 13.1. The molecule has 0 aliphatic rings. The van der Waals surface area contributed by atoms with Crippen LogP contribution in [0.2, 0.25) is 0 Å². The van der Waals surface area contributed by atoms with Crippen LogP contribution in [0.15, 0.2) is 42.5 Å². The Morgan fingerprint density at radius 2 is 1.66 bits per heavy atom. The molecule has 8 heteroatoms. The third kappa shape index (κ3) is 6.74. The first-order chi connectivity index (χ1) is 13.6. The van der Waals surface area contributed by atoms with Crippen molar-refractivity contribution in [2.45, 2.75) is 33.9 Å². The van der Waals surface area contributed by atoms with Crippen molar-refractivity contribution in [3.63, 3.8) is 0 Å². The number of carbonyl (C=O) groups is 1. The van der Waals surface area contributed by atoms with Crippen LogP contribution < -0.4 is 9.08 Å². The molecule has 2 rings (SSSR count). The van der Waals surface area contributed by atoms with Crippen molar-refractivity contribution in [1.82, 2.24) is 4.90 Å². The number of carbonyl (C=O) groups excluding carboxylic acids is 1. The van der Waals surface area contributed by atoms with E-state index in [1.807, 2.05) is 19.9 Å². The molecule has 29 heavy (non-hydrogen) atoms. The molecule has 0 saturated carbocycles. The summed E-state index contributed by atoms with van der Waals surface area (Å²) in [5, 5.41) is 0. The van der Waals surface area contributed by atoms with E-state index in [9.17, 15) is 17.6 Å². The largest absolute Gasteiger partial charge is 0.382 e. The van der Waals surface area contributed by atoms with Gasteiger partial charge in [0.2, 0.25) is 5.91 Å². The van der Waals surface area contributed by atoms with Gasteiger partial charge in [0.1, 0.15) is 11.6 Å². The highest BCUT2D eigenvalue weighted by Gasteiger charge is 2.18. The Bertz CT molecular complexity index is 942. The summed E-state index contributed by atoms with van der Waals surface area (Å²) in [5.41, 5.74) is 2.18. The monoisotopic (exact) mass is 422 g/mol. The fraction of sp³-hybridized carbons (Fsp3) is 0.381. The quantitative estimate of drug-likeness (QED) is 0.578. The molecule has 0 aliphatic carbocycles. The number of benzene rings is 2. The van der Waals surface area contributed by atoms with Gasteiger partial charge in [0.25, 0.3) is 0 Å². The molecule has 158 valence electrons. The molecule has 0 fully saturated rings. The van der Waals surface area contributed by atoms with Gasteiger partial charge in [0.15, 0.2) is 0 Å². The van der Waals surface area contributed by atoms with E-state index in [-0.39, 0.29) is 30.6 Å². The molecule has 0 bridgehead atoms. The lowest BCUT2D eigenvalue weighted by atomic mass is 10.1. The number of amides is 1. The first kappa shape index (κ1) is 22.7. The summed E-state index contributed by atoms with van der Waals surface area (Å²) in [6.45, 7) is 7.41. The molecule has 2 aromatic carbocycles. The lowest BCUT2D eigenvalue weighted by molar-refractivity contribution is -0.130. The van der Waals surface area contributed by atoms with Crippen LogP contribution in [0.3, 0.4) is 0 Å². The van der Waals surface area contributed by atoms with Crippen molar-refractivity contribution in [3.05, 3.63) is 59.4 Å². The summed E-state index contributed by atoms with van der Waals surface area (Å²) in [5.74, 6) is -0.339. The van der Waals surface area contributed by atoms with Gasteiger partial charge in [0, 0.05) is 50.4 Å². The van der Waals surface area contributed by atoms with Crippen LogP contribution in [-0.4, -0.2) is 38.6 Å². The van der Waals surface area contributed by atoms with Gasteiger partial charge in [-0.05, 0) is 37.6 Å². The maximum absolute atomic E-state index is 13.1. The highest BCUT2D eigenvalue weighted by Crippen LogP contribution is 2.28.